The minimum Gasteiger partial charge on any atom is -0.398 e. The van der Waals surface area contributed by atoms with Crippen LogP contribution in [0.3, 0.4) is 0 Å². The Morgan fingerprint density at radius 2 is 1.85 bits per heavy atom. The van der Waals surface area contributed by atoms with Gasteiger partial charge in [-0.3, -0.25) is 4.79 Å². The summed E-state index contributed by atoms with van der Waals surface area (Å²) in [6.45, 7) is 2.49. The van der Waals surface area contributed by atoms with Gasteiger partial charge in [-0.15, -0.1) is 0 Å². The number of anilines is 1. The first-order valence-corrected chi connectivity index (χ1v) is 6.33. The number of aryl methyl sites for hydroxylation is 1. The van der Waals surface area contributed by atoms with Crippen LogP contribution in [0.2, 0.25) is 0 Å². The zero-order valence-electron chi connectivity index (χ0n) is 11.6. The van der Waals surface area contributed by atoms with Gasteiger partial charge in [0.05, 0.1) is 5.56 Å². The predicted molar refractivity (Wildman–Crippen MR) is 77.8 cm³/mol. The molecule has 0 unspecified atom stereocenters. The number of hydrogen-bond donors (Lipinski definition) is 1. The van der Waals surface area contributed by atoms with Crippen molar-refractivity contribution in [1.29, 1.82) is 0 Å². The van der Waals surface area contributed by atoms with Crippen LogP contribution in [0.4, 0.5) is 10.1 Å². The Labute approximate surface area is 117 Å². The smallest absolute Gasteiger partial charge is 0.255 e. The molecule has 0 atom stereocenters. The van der Waals surface area contributed by atoms with E-state index in [0.717, 1.165) is 11.6 Å². The fraction of sp³-hybridized carbons (Fsp3) is 0.188. The molecule has 104 valence electrons. The molecule has 0 aliphatic carbocycles. The van der Waals surface area contributed by atoms with Crippen molar-refractivity contribution in [1.82, 2.24) is 4.90 Å². The quantitative estimate of drug-likeness (QED) is 0.873. The average molecular weight is 272 g/mol. The van der Waals surface area contributed by atoms with E-state index >= 15 is 0 Å². The number of nitrogens with zero attached hydrogens (tertiary/aromatic N) is 1. The maximum Gasteiger partial charge on any atom is 0.255 e. The molecule has 0 spiro atoms. The van der Waals surface area contributed by atoms with Crippen molar-refractivity contribution < 1.29 is 9.18 Å². The van der Waals surface area contributed by atoms with Gasteiger partial charge in [-0.05, 0) is 30.7 Å². The van der Waals surface area contributed by atoms with Crippen molar-refractivity contribution in [3.63, 3.8) is 0 Å². The lowest BCUT2D eigenvalue weighted by Gasteiger charge is -2.18. The molecule has 2 aromatic carbocycles. The third-order valence-electron chi connectivity index (χ3n) is 3.13. The zero-order chi connectivity index (χ0) is 14.7. The molecule has 0 aliphatic heterocycles. The molecule has 1 amide bonds. The van der Waals surface area contributed by atoms with Gasteiger partial charge in [0.25, 0.3) is 5.91 Å². The maximum atomic E-state index is 13.0. The van der Waals surface area contributed by atoms with Gasteiger partial charge in [0.1, 0.15) is 5.82 Å². The second-order valence-corrected chi connectivity index (χ2v) is 4.88. The van der Waals surface area contributed by atoms with Gasteiger partial charge in [0.15, 0.2) is 0 Å². The van der Waals surface area contributed by atoms with Crippen LogP contribution in [0.25, 0.3) is 0 Å². The van der Waals surface area contributed by atoms with E-state index in [9.17, 15) is 9.18 Å². The number of hydrogen-bond acceptors (Lipinski definition) is 2. The summed E-state index contributed by atoms with van der Waals surface area (Å²) < 4.78 is 13.0. The van der Waals surface area contributed by atoms with Gasteiger partial charge in [-0.25, -0.2) is 4.39 Å². The highest BCUT2D eigenvalue weighted by Gasteiger charge is 2.15. The molecule has 2 rings (SSSR count). The normalized spacial score (nSPS) is 10.3. The van der Waals surface area contributed by atoms with Gasteiger partial charge in [0.2, 0.25) is 0 Å². The first kappa shape index (κ1) is 14.1. The molecule has 2 N–H and O–H groups in total. The topological polar surface area (TPSA) is 46.3 Å². The van der Waals surface area contributed by atoms with E-state index in [-0.39, 0.29) is 11.6 Å². The predicted octanol–water partition coefficient (Wildman–Crippen LogP) is 2.99. The Balaban J connectivity index is 2.14. The summed E-state index contributed by atoms with van der Waals surface area (Å²) in [6.07, 6.45) is 0. The summed E-state index contributed by atoms with van der Waals surface area (Å²) >= 11 is 0. The van der Waals surface area contributed by atoms with E-state index in [0.29, 0.717) is 12.1 Å². The van der Waals surface area contributed by atoms with Gasteiger partial charge in [0, 0.05) is 19.3 Å². The Bertz CT molecular complexity index is 623. The van der Waals surface area contributed by atoms with Crippen molar-refractivity contribution in [2.45, 2.75) is 13.5 Å². The fourth-order valence-corrected chi connectivity index (χ4v) is 1.97. The largest absolute Gasteiger partial charge is 0.398 e. The summed E-state index contributed by atoms with van der Waals surface area (Å²) in [6, 6.07) is 11.8. The highest BCUT2D eigenvalue weighted by Crippen LogP contribution is 2.16. The monoisotopic (exact) mass is 272 g/mol. The van der Waals surface area contributed by atoms with Crippen molar-refractivity contribution in [3.8, 4) is 0 Å². The molecule has 0 aromatic heterocycles. The molecule has 4 heteroatoms. The lowest BCUT2D eigenvalue weighted by atomic mass is 10.1. The average Bonchev–Trinajstić information content (AvgIpc) is 2.40. The third kappa shape index (κ3) is 3.15. The van der Waals surface area contributed by atoms with Crippen LogP contribution < -0.4 is 5.73 Å². The Morgan fingerprint density at radius 1 is 1.20 bits per heavy atom. The van der Waals surface area contributed by atoms with Crippen molar-refractivity contribution >= 4 is 11.6 Å². The first-order chi connectivity index (χ1) is 9.47. The second-order valence-electron chi connectivity index (χ2n) is 4.88. The number of amides is 1. The molecule has 0 aliphatic rings. The highest BCUT2D eigenvalue weighted by molar-refractivity contribution is 5.98. The van der Waals surface area contributed by atoms with Crippen molar-refractivity contribution in [2.75, 3.05) is 12.8 Å². The highest BCUT2D eigenvalue weighted by atomic mass is 19.1. The summed E-state index contributed by atoms with van der Waals surface area (Å²) in [5.41, 5.74) is 8.37. The lowest BCUT2D eigenvalue weighted by Crippen LogP contribution is -2.27. The number of nitrogens with two attached hydrogens (primary N) is 1. The van der Waals surface area contributed by atoms with Crippen LogP contribution >= 0.6 is 0 Å². The molecule has 0 fully saturated rings. The van der Waals surface area contributed by atoms with Crippen LogP contribution in [0.5, 0.6) is 0 Å². The van der Waals surface area contributed by atoms with E-state index < -0.39 is 5.82 Å². The molecule has 20 heavy (non-hydrogen) atoms. The van der Waals surface area contributed by atoms with Crippen molar-refractivity contribution in [3.05, 3.63) is 65.0 Å². The fourth-order valence-electron chi connectivity index (χ4n) is 1.97. The molecule has 0 saturated heterocycles. The Kier molecular flexibility index (Phi) is 4.03. The third-order valence-corrected chi connectivity index (χ3v) is 3.13. The van der Waals surface area contributed by atoms with E-state index in [1.54, 1.807) is 11.9 Å². The molecule has 2 aromatic rings. The van der Waals surface area contributed by atoms with Crippen LogP contribution in [0, 0.1) is 12.7 Å². The summed E-state index contributed by atoms with van der Waals surface area (Å²) in [4.78, 5) is 13.8. The Hall–Kier alpha value is -2.36. The number of rotatable bonds is 3. The molecule has 0 bridgehead atoms. The number of benzene rings is 2. The van der Waals surface area contributed by atoms with Gasteiger partial charge < -0.3 is 10.6 Å². The number of carbonyl (C=O) groups excluding carboxylic acids is 1. The van der Waals surface area contributed by atoms with Gasteiger partial charge >= 0.3 is 0 Å². The van der Waals surface area contributed by atoms with Gasteiger partial charge in [-0.2, -0.15) is 0 Å². The zero-order valence-corrected chi connectivity index (χ0v) is 11.6. The minimum absolute atomic E-state index is 0.158. The van der Waals surface area contributed by atoms with Crippen LogP contribution in [-0.4, -0.2) is 17.9 Å². The van der Waals surface area contributed by atoms with E-state index in [2.05, 4.69) is 0 Å². The molecule has 0 radical (unpaired) electrons. The van der Waals surface area contributed by atoms with Gasteiger partial charge in [-0.1, -0.05) is 29.8 Å². The molecule has 0 saturated carbocycles. The van der Waals surface area contributed by atoms with Crippen molar-refractivity contribution in [2.24, 2.45) is 0 Å². The lowest BCUT2D eigenvalue weighted by molar-refractivity contribution is 0.0786. The molecular weight excluding hydrogens is 255 g/mol. The van der Waals surface area contributed by atoms with Crippen LogP contribution in [0.15, 0.2) is 42.5 Å². The number of nitrogen functional groups attached to an aromatic ring is 1. The van der Waals surface area contributed by atoms with E-state index in [1.165, 1.54) is 17.7 Å². The van der Waals surface area contributed by atoms with Crippen LogP contribution in [0.1, 0.15) is 21.5 Å². The number of carbonyl (C=O) groups is 1. The first-order valence-electron chi connectivity index (χ1n) is 6.33. The molecular formula is C16H17FN2O. The standard InChI is InChI=1S/C16H17FN2O/c1-11-3-5-12(6-4-11)10-19(2)16(20)14-8-7-13(17)9-15(14)18/h3-9H,10,18H2,1-2H3. The summed E-state index contributed by atoms with van der Waals surface area (Å²) in [5, 5.41) is 0. The SMILES string of the molecule is Cc1ccc(CN(C)C(=O)c2ccc(F)cc2N)cc1. The molecule has 0 heterocycles. The second kappa shape index (κ2) is 5.74. The summed E-state index contributed by atoms with van der Waals surface area (Å²) in [5.74, 6) is -0.664. The van der Waals surface area contributed by atoms with Crippen LogP contribution in [-0.2, 0) is 6.54 Å². The van der Waals surface area contributed by atoms with E-state index in [4.69, 9.17) is 5.73 Å². The maximum absolute atomic E-state index is 13.0. The Morgan fingerprint density at radius 3 is 2.45 bits per heavy atom. The minimum atomic E-state index is -0.444. The molecule has 3 nitrogen and oxygen atoms in total. The summed E-state index contributed by atoms with van der Waals surface area (Å²) in [7, 11) is 1.70. The number of halogens is 1. The van der Waals surface area contributed by atoms with E-state index in [1.807, 2.05) is 31.2 Å².